The van der Waals surface area contributed by atoms with Gasteiger partial charge < -0.3 is 24.0 Å². The van der Waals surface area contributed by atoms with E-state index in [2.05, 4.69) is 11.9 Å². The van der Waals surface area contributed by atoms with Crippen LogP contribution in [-0.4, -0.2) is 57.0 Å². The Morgan fingerprint density at radius 1 is 1.16 bits per heavy atom. The van der Waals surface area contributed by atoms with E-state index in [9.17, 15) is 4.79 Å². The number of hydrogen-bond acceptors (Lipinski definition) is 5. The zero-order valence-corrected chi connectivity index (χ0v) is 16.2. The molecular weight excluding hydrogens is 320 g/mol. The summed E-state index contributed by atoms with van der Waals surface area (Å²) in [5.74, 6) is 1.56. The third-order valence-corrected chi connectivity index (χ3v) is 4.43. The summed E-state index contributed by atoms with van der Waals surface area (Å²) in [5, 5.41) is 0. The summed E-state index contributed by atoms with van der Waals surface area (Å²) < 4.78 is 16.2. The minimum Gasteiger partial charge on any atom is -0.497 e. The van der Waals surface area contributed by atoms with Crippen molar-refractivity contribution >= 4 is 11.8 Å². The number of anilines is 1. The van der Waals surface area contributed by atoms with Gasteiger partial charge in [0.2, 0.25) is 0 Å². The fourth-order valence-corrected chi connectivity index (χ4v) is 3.04. The van der Waals surface area contributed by atoms with Gasteiger partial charge in [-0.3, -0.25) is 0 Å². The molecule has 1 fully saturated rings. The standard InChI is InChI=1S/C19H30N2O4/c1-19(2,3)25-18(22)21-11-9-14(10-12-21)20(4)16-8-7-15(23-5)13-17(16)24-6/h7-8,13-14H,9-12H2,1-6H3. The van der Waals surface area contributed by atoms with E-state index in [1.165, 1.54) is 0 Å². The smallest absolute Gasteiger partial charge is 0.410 e. The monoisotopic (exact) mass is 350 g/mol. The normalized spacial score (nSPS) is 15.7. The molecule has 1 heterocycles. The van der Waals surface area contributed by atoms with Gasteiger partial charge in [-0.25, -0.2) is 4.79 Å². The van der Waals surface area contributed by atoms with Crippen molar-refractivity contribution in [3.63, 3.8) is 0 Å². The zero-order valence-electron chi connectivity index (χ0n) is 16.2. The molecule has 0 atom stereocenters. The lowest BCUT2D eigenvalue weighted by molar-refractivity contribution is 0.0205. The van der Waals surface area contributed by atoms with Crippen LogP contribution in [0.25, 0.3) is 0 Å². The second-order valence-corrected chi connectivity index (χ2v) is 7.35. The molecule has 1 aromatic carbocycles. The van der Waals surface area contributed by atoms with Crippen molar-refractivity contribution in [1.29, 1.82) is 0 Å². The maximum Gasteiger partial charge on any atom is 0.410 e. The third-order valence-electron chi connectivity index (χ3n) is 4.43. The molecule has 25 heavy (non-hydrogen) atoms. The van der Waals surface area contributed by atoms with Crippen molar-refractivity contribution in [3.05, 3.63) is 18.2 Å². The first-order valence-corrected chi connectivity index (χ1v) is 8.68. The van der Waals surface area contributed by atoms with E-state index in [1.807, 2.05) is 39.0 Å². The molecule has 1 aliphatic rings. The average molecular weight is 350 g/mol. The number of nitrogens with zero attached hydrogens (tertiary/aromatic N) is 2. The number of piperidine rings is 1. The maximum atomic E-state index is 12.2. The number of benzene rings is 1. The molecule has 0 aromatic heterocycles. The van der Waals surface area contributed by atoms with Crippen molar-refractivity contribution in [1.82, 2.24) is 4.90 Å². The first-order chi connectivity index (χ1) is 11.7. The van der Waals surface area contributed by atoms with Gasteiger partial charge in [-0.15, -0.1) is 0 Å². The van der Waals surface area contributed by atoms with Crippen molar-refractivity contribution in [2.24, 2.45) is 0 Å². The predicted octanol–water partition coefficient (Wildman–Crippen LogP) is 3.54. The molecule has 1 aliphatic heterocycles. The van der Waals surface area contributed by atoms with Crippen LogP contribution >= 0.6 is 0 Å². The second kappa shape index (κ2) is 7.85. The Kier molecular flexibility index (Phi) is 6.03. The van der Waals surface area contributed by atoms with Gasteiger partial charge in [0.1, 0.15) is 17.1 Å². The molecule has 0 aliphatic carbocycles. The fraction of sp³-hybridized carbons (Fsp3) is 0.632. The Morgan fingerprint density at radius 3 is 2.32 bits per heavy atom. The SMILES string of the molecule is COc1ccc(N(C)C2CCN(C(=O)OC(C)(C)C)CC2)c(OC)c1. The molecule has 0 unspecified atom stereocenters. The predicted molar refractivity (Wildman–Crippen MR) is 98.8 cm³/mol. The molecule has 6 heteroatoms. The van der Waals surface area contributed by atoms with E-state index in [4.69, 9.17) is 14.2 Å². The van der Waals surface area contributed by atoms with Crippen LogP contribution in [0.4, 0.5) is 10.5 Å². The van der Waals surface area contributed by atoms with E-state index < -0.39 is 5.60 Å². The van der Waals surface area contributed by atoms with Gasteiger partial charge in [-0.1, -0.05) is 0 Å². The van der Waals surface area contributed by atoms with E-state index in [0.29, 0.717) is 19.1 Å². The number of likely N-dealkylation sites (tertiary alicyclic amines) is 1. The van der Waals surface area contributed by atoms with Gasteiger partial charge in [0, 0.05) is 32.2 Å². The third kappa shape index (κ3) is 4.94. The molecule has 0 saturated carbocycles. The van der Waals surface area contributed by atoms with Crippen LogP contribution in [0.3, 0.4) is 0 Å². The Balaban J connectivity index is 1.99. The molecule has 1 saturated heterocycles. The van der Waals surface area contributed by atoms with Gasteiger partial charge in [0.15, 0.2) is 0 Å². The van der Waals surface area contributed by atoms with E-state index in [-0.39, 0.29) is 6.09 Å². The summed E-state index contributed by atoms with van der Waals surface area (Å²) in [7, 11) is 5.37. The molecule has 2 rings (SSSR count). The van der Waals surface area contributed by atoms with Gasteiger partial charge >= 0.3 is 6.09 Å². The number of ether oxygens (including phenoxy) is 3. The van der Waals surface area contributed by atoms with Crippen LogP contribution in [0.5, 0.6) is 11.5 Å². The molecule has 0 radical (unpaired) electrons. The number of carbonyl (C=O) groups excluding carboxylic acids is 1. The maximum absolute atomic E-state index is 12.2. The molecule has 0 spiro atoms. The molecule has 6 nitrogen and oxygen atoms in total. The molecule has 1 aromatic rings. The van der Waals surface area contributed by atoms with E-state index >= 15 is 0 Å². The molecule has 0 N–H and O–H groups in total. The van der Waals surface area contributed by atoms with Crippen molar-refractivity contribution < 1.29 is 19.0 Å². The van der Waals surface area contributed by atoms with Crippen LogP contribution in [0.15, 0.2) is 18.2 Å². The molecule has 0 bridgehead atoms. The lowest BCUT2D eigenvalue weighted by Gasteiger charge is -2.38. The van der Waals surface area contributed by atoms with Crippen LogP contribution in [0.2, 0.25) is 0 Å². The number of methoxy groups -OCH3 is 2. The highest BCUT2D eigenvalue weighted by atomic mass is 16.6. The second-order valence-electron chi connectivity index (χ2n) is 7.35. The summed E-state index contributed by atoms with van der Waals surface area (Å²) >= 11 is 0. The van der Waals surface area contributed by atoms with Crippen LogP contribution in [-0.2, 0) is 4.74 Å². The number of hydrogen-bond donors (Lipinski definition) is 0. The van der Waals surface area contributed by atoms with Crippen molar-refractivity contribution in [3.8, 4) is 11.5 Å². The Hall–Kier alpha value is -2.11. The van der Waals surface area contributed by atoms with E-state index in [0.717, 1.165) is 30.0 Å². The van der Waals surface area contributed by atoms with Gasteiger partial charge in [0.05, 0.1) is 19.9 Å². The van der Waals surface area contributed by atoms with Crippen LogP contribution < -0.4 is 14.4 Å². The number of carbonyl (C=O) groups is 1. The Bertz CT molecular complexity index is 590. The first kappa shape index (κ1) is 19.2. The fourth-order valence-electron chi connectivity index (χ4n) is 3.04. The summed E-state index contributed by atoms with van der Waals surface area (Å²) in [6, 6.07) is 6.19. The lowest BCUT2D eigenvalue weighted by Crippen LogP contribution is -2.47. The Labute approximate surface area is 150 Å². The highest BCUT2D eigenvalue weighted by molar-refractivity contribution is 5.68. The average Bonchev–Trinajstić information content (AvgIpc) is 2.59. The Morgan fingerprint density at radius 2 is 1.80 bits per heavy atom. The summed E-state index contributed by atoms with van der Waals surface area (Å²) in [6.07, 6.45) is 1.56. The lowest BCUT2D eigenvalue weighted by atomic mass is 10.0. The summed E-state index contributed by atoms with van der Waals surface area (Å²) in [6.45, 7) is 7.06. The van der Waals surface area contributed by atoms with Crippen LogP contribution in [0.1, 0.15) is 33.6 Å². The topological polar surface area (TPSA) is 51.2 Å². The zero-order chi connectivity index (χ0) is 18.6. The quantitative estimate of drug-likeness (QED) is 0.831. The van der Waals surface area contributed by atoms with Gasteiger partial charge in [-0.2, -0.15) is 0 Å². The molecule has 1 amide bonds. The van der Waals surface area contributed by atoms with Gasteiger partial charge in [0.25, 0.3) is 0 Å². The highest BCUT2D eigenvalue weighted by Gasteiger charge is 2.29. The van der Waals surface area contributed by atoms with Crippen LogP contribution in [0, 0.1) is 0 Å². The highest BCUT2D eigenvalue weighted by Crippen LogP contribution is 2.34. The van der Waals surface area contributed by atoms with Crippen molar-refractivity contribution in [2.45, 2.75) is 45.3 Å². The minimum absolute atomic E-state index is 0.226. The van der Waals surface area contributed by atoms with Gasteiger partial charge in [-0.05, 0) is 45.7 Å². The number of amides is 1. The first-order valence-electron chi connectivity index (χ1n) is 8.68. The molecular formula is C19H30N2O4. The van der Waals surface area contributed by atoms with E-state index in [1.54, 1.807) is 19.1 Å². The number of rotatable bonds is 4. The molecule has 140 valence electrons. The largest absolute Gasteiger partial charge is 0.497 e. The summed E-state index contributed by atoms with van der Waals surface area (Å²) in [4.78, 5) is 16.2. The van der Waals surface area contributed by atoms with Crippen molar-refractivity contribution in [2.75, 3.05) is 39.3 Å². The summed E-state index contributed by atoms with van der Waals surface area (Å²) in [5.41, 5.74) is 0.570. The minimum atomic E-state index is -0.457.